The molecule has 0 radical (unpaired) electrons. The number of piperidine rings is 1. The molecule has 4 heterocycles. The number of hydrogen-bond acceptors (Lipinski definition) is 5. The van der Waals surface area contributed by atoms with Gasteiger partial charge in [0.1, 0.15) is 12.4 Å². The van der Waals surface area contributed by atoms with E-state index in [-0.39, 0.29) is 18.4 Å². The fourth-order valence-corrected chi connectivity index (χ4v) is 5.16. The second kappa shape index (κ2) is 8.53. The summed E-state index contributed by atoms with van der Waals surface area (Å²) in [6, 6.07) is 17.4. The highest BCUT2D eigenvalue weighted by Crippen LogP contribution is 2.27. The Balaban J connectivity index is 1.09. The van der Waals surface area contributed by atoms with Crippen molar-refractivity contribution in [3.8, 4) is 11.1 Å². The van der Waals surface area contributed by atoms with E-state index in [4.69, 9.17) is 0 Å². The first-order valence-electron chi connectivity index (χ1n) is 12.1. The minimum absolute atomic E-state index is 0.0441. The Bertz CT molecular complexity index is 1450. The van der Waals surface area contributed by atoms with Crippen LogP contribution in [0.2, 0.25) is 0 Å². The Hall–Kier alpha value is -4.11. The fourth-order valence-electron chi connectivity index (χ4n) is 5.16. The Morgan fingerprint density at radius 2 is 1.83 bits per heavy atom. The van der Waals surface area contributed by atoms with Crippen molar-refractivity contribution in [3.63, 3.8) is 0 Å². The molecule has 1 saturated heterocycles. The van der Waals surface area contributed by atoms with Gasteiger partial charge in [-0.15, -0.1) is 0 Å². The van der Waals surface area contributed by atoms with Gasteiger partial charge < -0.3 is 24.9 Å². The standard InChI is InChI=1S/C27H28N6O3/c1-30-17-28-22-15-21(8-9-23(22)30)19-4-6-20(7-5-19)25(34)31-13-10-27(36,11-14-31)16-32-18-29-33-12-2-3-24(33)26(32)35/h2-9,12,15,17,29,36H,10-11,13-14,16,18H2,1H3. The van der Waals surface area contributed by atoms with E-state index in [0.29, 0.717) is 43.9 Å². The van der Waals surface area contributed by atoms with E-state index in [1.807, 2.05) is 41.9 Å². The lowest BCUT2D eigenvalue weighted by atomic mass is 9.90. The summed E-state index contributed by atoms with van der Waals surface area (Å²) in [5, 5.41) is 11.2. The van der Waals surface area contributed by atoms with E-state index in [2.05, 4.69) is 28.6 Å². The van der Waals surface area contributed by atoms with E-state index in [0.717, 1.165) is 22.2 Å². The average molecular weight is 485 g/mol. The molecule has 0 aliphatic carbocycles. The maximum Gasteiger partial charge on any atom is 0.273 e. The summed E-state index contributed by atoms with van der Waals surface area (Å²) < 4.78 is 3.69. The van der Waals surface area contributed by atoms with Crippen molar-refractivity contribution in [2.24, 2.45) is 7.05 Å². The molecule has 2 aromatic heterocycles. The van der Waals surface area contributed by atoms with Crippen molar-refractivity contribution < 1.29 is 14.7 Å². The molecule has 2 aliphatic heterocycles. The van der Waals surface area contributed by atoms with Crippen molar-refractivity contribution in [3.05, 3.63) is 78.4 Å². The van der Waals surface area contributed by atoms with Crippen molar-refractivity contribution in [1.82, 2.24) is 24.0 Å². The number of aryl methyl sites for hydroxylation is 1. The molecular formula is C27H28N6O3. The van der Waals surface area contributed by atoms with Gasteiger partial charge >= 0.3 is 0 Å². The van der Waals surface area contributed by atoms with Crippen LogP contribution in [0.4, 0.5) is 0 Å². The highest BCUT2D eigenvalue weighted by Gasteiger charge is 2.38. The van der Waals surface area contributed by atoms with Crippen molar-refractivity contribution in [2.75, 3.05) is 31.7 Å². The van der Waals surface area contributed by atoms with E-state index < -0.39 is 5.60 Å². The number of β-amino-alcohol motifs (C(OH)–C–C–N with tert-alkyl or cyclic N) is 1. The minimum atomic E-state index is -1.02. The summed E-state index contributed by atoms with van der Waals surface area (Å²) >= 11 is 0. The number of rotatable bonds is 4. The third-order valence-corrected chi connectivity index (χ3v) is 7.34. The summed E-state index contributed by atoms with van der Waals surface area (Å²) in [4.78, 5) is 33.7. The Kier molecular flexibility index (Phi) is 5.30. The van der Waals surface area contributed by atoms with Gasteiger partial charge in [-0.25, -0.2) is 4.98 Å². The van der Waals surface area contributed by atoms with Crippen LogP contribution in [0.1, 0.15) is 33.7 Å². The first-order valence-corrected chi connectivity index (χ1v) is 12.1. The Morgan fingerprint density at radius 3 is 2.61 bits per heavy atom. The van der Waals surface area contributed by atoms with Crippen LogP contribution in [-0.4, -0.2) is 72.9 Å². The van der Waals surface area contributed by atoms with E-state index in [1.165, 1.54) is 0 Å². The van der Waals surface area contributed by atoms with Gasteiger partial charge in [0, 0.05) is 31.9 Å². The molecule has 2 N–H and O–H groups in total. The van der Waals surface area contributed by atoms with Crippen LogP contribution in [0, 0.1) is 0 Å². The number of carbonyl (C=O) groups excluding carboxylic acids is 2. The largest absolute Gasteiger partial charge is 0.388 e. The van der Waals surface area contributed by atoms with Crippen molar-refractivity contribution in [2.45, 2.75) is 18.4 Å². The molecule has 9 nitrogen and oxygen atoms in total. The molecule has 6 rings (SSSR count). The van der Waals surface area contributed by atoms with Gasteiger partial charge in [-0.3, -0.25) is 14.3 Å². The van der Waals surface area contributed by atoms with Gasteiger partial charge in [0.25, 0.3) is 11.8 Å². The van der Waals surface area contributed by atoms with Crippen LogP contribution in [0.15, 0.2) is 67.1 Å². The van der Waals surface area contributed by atoms with Crippen LogP contribution in [0.3, 0.4) is 0 Å². The van der Waals surface area contributed by atoms with Gasteiger partial charge in [-0.2, -0.15) is 0 Å². The van der Waals surface area contributed by atoms with Gasteiger partial charge in [-0.05, 0) is 60.4 Å². The molecule has 2 aromatic carbocycles. The summed E-state index contributed by atoms with van der Waals surface area (Å²) in [6.45, 7) is 1.46. The molecular weight excluding hydrogens is 456 g/mol. The monoisotopic (exact) mass is 484 g/mol. The number of hydrogen-bond donors (Lipinski definition) is 2. The number of aromatic nitrogens is 3. The second-order valence-electron chi connectivity index (χ2n) is 9.74. The molecule has 2 amide bonds. The quantitative estimate of drug-likeness (QED) is 0.464. The summed E-state index contributed by atoms with van der Waals surface area (Å²) in [5.74, 6) is -0.148. The van der Waals surface area contributed by atoms with Crippen LogP contribution in [0.5, 0.6) is 0 Å². The van der Waals surface area contributed by atoms with Crippen molar-refractivity contribution in [1.29, 1.82) is 0 Å². The number of imidazole rings is 1. The number of aliphatic hydroxyl groups is 1. The lowest BCUT2D eigenvalue weighted by molar-refractivity contribution is -0.0369. The topological polar surface area (TPSA) is 95.6 Å². The van der Waals surface area contributed by atoms with E-state index in [1.54, 1.807) is 33.1 Å². The summed E-state index contributed by atoms with van der Waals surface area (Å²) in [6.07, 6.45) is 4.45. The molecule has 1 fully saturated rings. The predicted octanol–water partition coefficient (Wildman–Crippen LogP) is 2.67. The zero-order valence-corrected chi connectivity index (χ0v) is 20.1. The maximum atomic E-state index is 13.1. The third kappa shape index (κ3) is 3.91. The summed E-state index contributed by atoms with van der Waals surface area (Å²) in [7, 11) is 1.97. The van der Waals surface area contributed by atoms with Gasteiger partial charge in [0.05, 0.1) is 29.5 Å². The van der Waals surface area contributed by atoms with Crippen LogP contribution in [-0.2, 0) is 7.05 Å². The fraction of sp³-hybridized carbons (Fsp3) is 0.296. The second-order valence-corrected chi connectivity index (χ2v) is 9.74. The number of amides is 2. The third-order valence-electron chi connectivity index (χ3n) is 7.34. The highest BCUT2D eigenvalue weighted by atomic mass is 16.3. The number of carbonyl (C=O) groups is 2. The zero-order valence-electron chi connectivity index (χ0n) is 20.1. The number of nitrogens with one attached hydrogen (secondary N) is 1. The maximum absolute atomic E-state index is 13.1. The average Bonchev–Trinajstić information content (AvgIpc) is 3.53. The highest BCUT2D eigenvalue weighted by molar-refractivity contribution is 5.95. The van der Waals surface area contributed by atoms with Crippen LogP contribution >= 0.6 is 0 Å². The SMILES string of the molecule is Cn1cnc2cc(-c3ccc(C(=O)N4CCC(O)(CN5CNn6cccc6C5=O)CC4)cc3)ccc21. The first-order chi connectivity index (χ1) is 17.4. The predicted molar refractivity (Wildman–Crippen MR) is 136 cm³/mol. The molecule has 36 heavy (non-hydrogen) atoms. The molecule has 0 atom stereocenters. The van der Waals surface area contributed by atoms with Gasteiger partial charge in [0.2, 0.25) is 0 Å². The smallest absolute Gasteiger partial charge is 0.273 e. The molecule has 9 heteroatoms. The molecule has 0 saturated carbocycles. The molecule has 2 aliphatic rings. The molecule has 0 bridgehead atoms. The number of benzene rings is 2. The lowest BCUT2D eigenvalue weighted by Crippen LogP contribution is -2.56. The first kappa shape index (κ1) is 22.4. The van der Waals surface area contributed by atoms with E-state index >= 15 is 0 Å². The van der Waals surface area contributed by atoms with E-state index in [9.17, 15) is 14.7 Å². The molecule has 0 unspecified atom stereocenters. The van der Waals surface area contributed by atoms with Crippen LogP contribution < -0.4 is 5.43 Å². The Morgan fingerprint density at radius 1 is 1.08 bits per heavy atom. The number of likely N-dealkylation sites (tertiary alicyclic amines) is 1. The lowest BCUT2D eigenvalue weighted by Gasteiger charge is -2.42. The minimum Gasteiger partial charge on any atom is -0.388 e. The van der Waals surface area contributed by atoms with Crippen LogP contribution in [0.25, 0.3) is 22.2 Å². The summed E-state index contributed by atoms with van der Waals surface area (Å²) in [5.41, 5.74) is 7.40. The Labute approximate surface area is 208 Å². The molecule has 184 valence electrons. The molecule has 4 aromatic rings. The number of fused-ring (bicyclic) bond motifs is 2. The molecule has 0 spiro atoms. The number of nitrogens with zero attached hydrogens (tertiary/aromatic N) is 5. The van der Waals surface area contributed by atoms with Gasteiger partial charge in [0.15, 0.2) is 0 Å². The van der Waals surface area contributed by atoms with Gasteiger partial charge in [-0.1, -0.05) is 18.2 Å². The van der Waals surface area contributed by atoms with Crippen molar-refractivity contribution >= 4 is 22.8 Å². The zero-order chi connectivity index (χ0) is 24.9. The normalized spacial score (nSPS) is 17.2.